The normalized spacial score (nSPS) is 13.4. The Morgan fingerprint density at radius 3 is 2.51 bits per heavy atom. The Labute approximate surface area is 252 Å². The maximum atomic E-state index is 13.3. The summed E-state index contributed by atoms with van der Waals surface area (Å²) >= 11 is 0. The van der Waals surface area contributed by atoms with Crippen LogP contribution in [-0.4, -0.2) is 77.8 Å². The Balaban J connectivity index is 1.68. The molecule has 0 saturated carbocycles. The van der Waals surface area contributed by atoms with E-state index < -0.39 is 11.9 Å². The molecule has 0 radical (unpaired) electrons. The van der Waals surface area contributed by atoms with Crippen LogP contribution in [0.25, 0.3) is 0 Å². The van der Waals surface area contributed by atoms with Crippen LogP contribution in [-0.2, 0) is 9.59 Å². The number of anilines is 4. The maximum absolute atomic E-state index is 13.3. The van der Waals surface area contributed by atoms with Gasteiger partial charge in [-0.2, -0.15) is 10.2 Å². The molecule has 12 heteroatoms. The highest BCUT2D eigenvalue weighted by molar-refractivity contribution is 6.08. The second-order valence-corrected chi connectivity index (χ2v) is 10.3. The lowest BCUT2D eigenvalue weighted by Crippen LogP contribution is -2.42. The Bertz CT molecular complexity index is 1460. The number of likely N-dealkylation sites (N-methyl/N-ethyl adjacent to an activating group) is 2. The van der Waals surface area contributed by atoms with E-state index in [9.17, 15) is 14.4 Å². The molecule has 1 aliphatic carbocycles. The Hall–Kier alpha value is -5.02. The van der Waals surface area contributed by atoms with Crippen molar-refractivity contribution in [3.05, 3.63) is 71.6 Å². The number of carbonyl (C=O) groups is 3. The quantitative estimate of drug-likeness (QED) is 0.255. The zero-order chi connectivity index (χ0) is 31.4. The molecule has 2 aromatic rings. The number of aromatic nitrogens is 2. The zero-order valence-electron chi connectivity index (χ0n) is 25.3. The lowest BCUT2D eigenvalue weighted by atomic mass is 10.0. The van der Waals surface area contributed by atoms with Crippen LogP contribution >= 0.6 is 0 Å². The second kappa shape index (κ2) is 15.8. The summed E-state index contributed by atoms with van der Waals surface area (Å²) in [5.74, 6) is -0.342. The maximum Gasteiger partial charge on any atom is 0.260 e. The number of benzene rings is 1. The molecule has 1 aliphatic rings. The number of rotatable bonds is 13. The summed E-state index contributed by atoms with van der Waals surface area (Å²) in [6, 6.07) is 8.18. The van der Waals surface area contributed by atoms with Crippen LogP contribution in [0, 0.1) is 11.3 Å². The first-order valence-electron chi connectivity index (χ1n) is 14.1. The van der Waals surface area contributed by atoms with Gasteiger partial charge in [-0.05, 0) is 70.6 Å². The van der Waals surface area contributed by atoms with Crippen molar-refractivity contribution in [1.82, 2.24) is 19.8 Å². The van der Waals surface area contributed by atoms with E-state index in [2.05, 4.69) is 37.3 Å². The molecule has 0 aliphatic heterocycles. The summed E-state index contributed by atoms with van der Waals surface area (Å²) in [7, 11) is 5.37. The fourth-order valence-corrected chi connectivity index (χ4v) is 3.93. The van der Waals surface area contributed by atoms with Gasteiger partial charge in [0.2, 0.25) is 17.8 Å². The highest BCUT2D eigenvalue weighted by atomic mass is 16.2. The predicted octanol–water partition coefficient (Wildman–Crippen LogP) is 3.99. The minimum Gasteiger partial charge on any atom is -0.369 e. The third-order valence-electron chi connectivity index (χ3n) is 6.57. The van der Waals surface area contributed by atoms with Crippen LogP contribution < -0.4 is 21.3 Å². The third-order valence-corrected chi connectivity index (χ3v) is 6.57. The molecular weight excluding hydrogens is 546 g/mol. The van der Waals surface area contributed by atoms with Gasteiger partial charge >= 0.3 is 0 Å². The van der Waals surface area contributed by atoms with Crippen molar-refractivity contribution in [1.29, 1.82) is 5.26 Å². The molecule has 0 bridgehead atoms. The van der Waals surface area contributed by atoms with Gasteiger partial charge in [0.05, 0.1) is 6.07 Å². The van der Waals surface area contributed by atoms with Gasteiger partial charge in [0.15, 0.2) is 0 Å². The van der Waals surface area contributed by atoms with Gasteiger partial charge < -0.3 is 31.1 Å². The minimum atomic E-state index is -0.722. The molecule has 1 aromatic carbocycles. The number of nitrogens with zero attached hydrogens (tertiary/aromatic N) is 5. The topological polar surface area (TPSA) is 155 Å². The highest BCUT2D eigenvalue weighted by Gasteiger charge is 2.21. The molecule has 0 spiro atoms. The molecular formula is C31H39N9O3. The number of hydrogen-bond acceptors (Lipinski definition) is 9. The average molecular weight is 586 g/mol. The molecule has 0 unspecified atom stereocenters. The van der Waals surface area contributed by atoms with Gasteiger partial charge in [0.25, 0.3) is 5.91 Å². The van der Waals surface area contributed by atoms with Crippen LogP contribution in [0.15, 0.2) is 66.0 Å². The van der Waals surface area contributed by atoms with Crippen molar-refractivity contribution in [2.75, 3.05) is 55.5 Å². The van der Waals surface area contributed by atoms with E-state index in [1.807, 2.05) is 32.0 Å². The van der Waals surface area contributed by atoms with E-state index >= 15 is 0 Å². The van der Waals surface area contributed by atoms with E-state index in [1.165, 1.54) is 17.2 Å². The van der Waals surface area contributed by atoms with Gasteiger partial charge in [0.1, 0.15) is 17.4 Å². The van der Waals surface area contributed by atoms with E-state index in [1.54, 1.807) is 50.4 Å². The van der Waals surface area contributed by atoms with E-state index in [0.717, 1.165) is 12.1 Å². The fourth-order valence-electron chi connectivity index (χ4n) is 3.93. The number of hydrogen-bond donors (Lipinski definition) is 4. The first-order chi connectivity index (χ1) is 20.6. The number of amides is 3. The van der Waals surface area contributed by atoms with Crippen LogP contribution in [0.5, 0.6) is 0 Å². The summed E-state index contributed by atoms with van der Waals surface area (Å²) in [5, 5.41) is 21.1. The lowest BCUT2D eigenvalue weighted by molar-refractivity contribution is -0.132. The summed E-state index contributed by atoms with van der Waals surface area (Å²) < 4.78 is 0. The molecule has 3 rings (SSSR count). The standard InChI is InChI=1S/C31H39N9O3/c1-6-16-33-28-26(20-34-31(38-28)37-23-14-12-22(19-32)13-15-23)30(43)36-25-10-7-9-24(18-25)35-29(42)21(2)40(5)27(41)11-8-17-39(3)4/h7-12,14,18,20-21H,6,13,15-17H2,1-5H3,(H,35,42)(H,36,43)(H2,33,34,37,38)/b11-8+/t21-/m0/s1. The van der Waals surface area contributed by atoms with Crippen molar-refractivity contribution in [3.63, 3.8) is 0 Å². The van der Waals surface area contributed by atoms with Crippen LogP contribution in [0.4, 0.5) is 23.1 Å². The SMILES string of the molecule is CCCNc1nc(NC2=CC=C(C#N)CC2)ncc1C(=O)Nc1cccc(NC(=O)[C@H](C)N(C)C(=O)/C=C/CN(C)C)c1. The molecule has 3 amide bonds. The lowest BCUT2D eigenvalue weighted by Gasteiger charge is -2.23. The first kappa shape index (κ1) is 32.5. The number of nitriles is 1. The molecule has 0 saturated heterocycles. The van der Waals surface area contributed by atoms with Gasteiger partial charge in [0, 0.05) is 55.1 Å². The molecule has 4 N–H and O–H groups in total. The number of nitrogens with one attached hydrogen (secondary N) is 4. The van der Waals surface area contributed by atoms with Gasteiger partial charge in [-0.15, -0.1) is 0 Å². The van der Waals surface area contributed by atoms with Crippen molar-refractivity contribution in [3.8, 4) is 6.07 Å². The Morgan fingerprint density at radius 1 is 1.12 bits per heavy atom. The van der Waals surface area contributed by atoms with Crippen LogP contribution in [0.2, 0.25) is 0 Å². The summed E-state index contributed by atoms with van der Waals surface area (Å²) in [6.45, 7) is 4.88. The smallest absolute Gasteiger partial charge is 0.260 e. The predicted molar refractivity (Wildman–Crippen MR) is 168 cm³/mol. The van der Waals surface area contributed by atoms with Gasteiger partial charge in [-0.3, -0.25) is 14.4 Å². The second-order valence-electron chi connectivity index (χ2n) is 10.3. The van der Waals surface area contributed by atoms with E-state index in [4.69, 9.17) is 5.26 Å². The Morgan fingerprint density at radius 2 is 1.86 bits per heavy atom. The Kier molecular flexibility index (Phi) is 12.0. The minimum absolute atomic E-state index is 0.258. The summed E-state index contributed by atoms with van der Waals surface area (Å²) in [5.41, 5.74) is 2.78. The van der Waals surface area contributed by atoms with Crippen molar-refractivity contribution >= 4 is 40.9 Å². The molecule has 226 valence electrons. The van der Waals surface area contributed by atoms with E-state index in [0.29, 0.717) is 54.6 Å². The molecule has 12 nitrogen and oxygen atoms in total. The zero-order valence-corrected chi connectivity index (χ0v) is 25.3. The summed E-state index contributed by atoms with van der Waals surface area (Å²) in [4.78, 5) is 50.7. The van der Waals surface area contributed by atoms with Gasteiger partial charge in [-0.1, -0.05) is 19.1 Å². The molecule has 1 aromatic heterocycles. The van der Waals surface area contributed by atoms with Crippen LogP contribution in [0.3, 0.4) is 0 Å². The van der Waals surface area contributed by atoms with E-state index in [-0.39, 0.29) is 17.4 Å². The average Bonchev–Trinajstić information content (AvgIpc) is 2.99. The number of allylic oxidation sites excluding steroid dienone is 4. The monoisotopic (exact) mass is 585 g/mol. The largest absolute Gasteiger partial charge is 0.369 e. The first-order valence-corrected chi connectivity index (χ1v) is 14.1. The molecule has 1 heterocycles. The molecule has 1 atom stereocenters. The van der Waals surface area contributed by atoms with Crippen molar-refractivity contribution in [2.24, 2.45) is 0 Å². The molecule has 0 fully saturated rings. The van der Waals surface area contributed by atoms with Crippen LogP contribution in [0.1, 0.15) is 43.5 Å². The van der Waals surface area contributed by atoms with Gasteiger partial charge in [-0.25, -0.2) is 4.98 Å². The number of carbonyl (C=O) groups excluding carboxylic acids is 3. The molecule has 43 heavy (non-hydrogen) atoms. The summed E-state index contributed by atoms with van der Waals surface area (Å²) in [6.07, 6.45) is 10.4. The third kappa shape index (κ3) is 9.79. The highest BCUT2D eigenvalue weighted by Crippen LogP contribution is 2.22. The van der Waals surface area contributed by atoms with Crippen molar-refractivity contribution in [2.45, 2.75) is 39.2 Å². The van der Waals surface area contributed by atoms with Crippen molar-refractivity contribution < 1.29 is 14.4 Å². The fraction of sp³-hybridized carbons (Fsp3) is 0.355.